The van der Waals surface area contributed by atoms with Gasteiger partial charge in [0, 0.05) is 13.1 Å². The van der Waals surface area contributed by atoms with Crippen molar-refractivity contribution in [2.24, 2.45) is 5.92 Å². The minimum atomic E-state index is -4.02. The van der Waals surface area contributed by atoms with Crippen LogP contribution in [0.1, 0.15) is 12.8 Å². The number of nitrogens with one attached hydrogen (secondary N) is 1. The van der Waals surface area contributed by atoms with Crippen molar-refractivity contribution >= 4 is 39.2 Å². The topological polar surface area (TPSA) is 92.8 Å². The summed E-state index contributed by atoms with van der Waals surface area (Å²) in [5.74, 6) is -4.14. The first-order chi connectivity index (χ1) is 14.7. The van der Waals surface area contributed by atoms with Gasteiger partial charge in [0.1, 0.15) is 0 Å². The molecule has 0 unspecified atom stereocenters. The predicted molar refractivity (Wildman–Crippen MR) is 109 cm³/mol. The van der Waals surface area contributed by atoms with Gasteiger partial charge in [-0.1, -0.05) is 23.7 Å². The number of rotatable bonds is 6. The first-order valence-corrected chi connectivity index (χ1v) is 11.2. The van der Waals surface area contributed by atoms with Crippen LogP contribution in [0.25, 0.3) is 0 Å². The third-order valence-electron chi connectivity index (χ3n) is 4.81. The van der Waals surface area contributed by atoms with Crippen molar-refractivity contribution in [3.05, 3.63) is 59.1 Å². The molecule has 1 amide bonds. The molecule has 1 N–H and O–H groups in total. The lowest BCUT2D eigenvalue weighted by molar-refractivity contribution is -0.152. The molecular weight excluding hydrogens is 454 g/mol. The van der Waals surface area contributed by atoms with E-state index in [2.05, 4.69) is 5.32 Å². The zero-order chi connectivity index (χ0) is 22.6. The molecule has 0 aliphatic carbocycles. The van der Waals surface area contributed by atoms with Gasteiger partial charge in [-0.2, -0.15) is 4.31 Å². The van der Waals surface area contributed by atoms with Gasteiger partial charge in [-0.3, -0.25) is 9.59 Å². The second kappa shape index (κ2) is 9.71. The molecule has 1 aliphatic heterocycles. The number of anilines is 1. The van der Waals surface area contributed by atoms with E-state index >= 15 is 0 Å². The molecule has 31 heavy (non-hydrogen) atoms. The van der Waals surface area contributed by atoms with Gasteiger partial charge < -0.3 is 10.1 Å². The molecule has 11 heteroatoms. The van der Waals surface area contributed by atoms with Crippen LogP contribution in [0.4, 0.5) is 14.5 Å². The van der Waals surface area contributed by atoms with Gasteiger partial charge in [0.15, 0.2) is 18.2 Å². The average molecular weight is 473 g/mol. The molecule has 1 saturated heterocycles. The number of hydrogen-bond acceptors (Lipinski definition) is 5. The highest BCUT2D eigenvalue weighted by Crippen LogP contribution is 2.26. The summed E-state index contributed by atoms with van der Waals surface area (Å²) in [4.78, 5) is 23.8. The lowest BCUT2D eigenvalue weighted by Gasteiger charge is -2.30. The van der Waals surface area contributed by atoms with Crippen molar-refractivity contribution in [2.75, 3.05) is 25.0 Å². The number of esters is 1. The summed E-state index contributed by atoms with van der Waals surface area (Å²) in [6, 6.07) is 8.97. The Morgan fingerprint density at radius 3 is 2.42 bits per heavy atom. The molecule has 7 nitrogen and oxygen atoms in total. The van der Waals surface area contributed by atoms with Crippen molar-refractivity contribution in [1.29, 1.82) is 0 Å². The normalized spacial score (nSPS) is 15.5. The molecule has 0 atom stereocenters. The summed E-state index contributed by atoms with van der Waals surface area (Å²) in [6.07, 6.45) is 0.349. The van der Waals surface area contributed by atoms with Crippen LogP contribution >= 0.6 is 11.6 Å². The minimum absolute atomic E-state index is 0.00686. The van der Waals surface area contributed by atoms with E-state index in [1.165, 1.54) is 0 Å². The standard InChI is InChI=1S/C20H19ClF2N2O5S/c21-15-3-1-2-4-18(15)24-19(26)12-30-20(27)13-7-9-25(10-8-13)31(28,29)14-5-6-16(22)17(23)11-14/h1-6,11,13H,7-10,12H2,(H,24,26). The second-order valence-corrected chi connectivity index (χ2v) is 9.24. The molecule has 1 fully saturated rings. The Hall–Kier alpha value is -2.56. The SMILES string of the molecule is O=C(COC(=O)C1CCN(S(=O)(=O)c2ccc(F)c(F)c2)CC1)Nc1ccccc1Cl. The number of carbonyl (C=O) groups is 2. The van der Waals surface area contributed by atoms with E-state index in [4.69, 9.17) is 16.3 Å². The highest BCUT2D eigenvalue weighted by atomic mass is 35.5. The van der Waals surface area contributed by atoms with Gasteiger partial charge >= 0.3 is 5.97 Å². The number of halogens is 3. The van der Waals surface area contributed by atoms with Crippen molar-refractivity contribution in [1.82, 2.24) is 4.31 Å². The first-order valence-electron chi connectivity index (χ1n) is 9.34. The third-order valence-corrected chi connectivity index (χ3v) is 7.03. The Morgan fingerprint density at radius 1 is 1.10 bits per heavy atom. The number of carbonyl (C=O) groups excluding carboxylic acids is 2. The van der Waals surface area contributed by atoms with Crippen LogP contribution in [0, 0.1) is 17.6 Å². The van der Waals surface area contributed by atoms with E-state index in [1.807, 2.05) is 0 Å². The first kappa shape index (κ1) is 23.1. The number of benzene rings is 2. The van der Waals surface area contributed by atoms with Crippen LogP contribution in [0.2, 0.25) is 5.02 Å². The molecular formula is C20H19ClF2N2O5S. The van der Waals surface area contributed by atoms with Crippen molar-refractivity contribution in [3.63, 3.8) is 0 Å². The molecule has 2 aromatic rings. The second-order valence-electron chi connectivity index (χ2n) is 6.89. The molecule has 166 valence electrons. The lowest BCUT2D eigenvalue weighted by atomic mass is 9.98. The maximum Gasteiger partial charge on any atom is 0.309 e. The van der Waals surface area contributed by atoms with Gasteiger partial charge in [0.05, 0.1) is 21.5 Å². The fraction of sp³-hybridized carbons (Fsp3) is 0.300. The van der Waals surface area contributed by atoms with Crippen LogP contribution in [0.3, 0.4) is 0 Å². The number of hydrogen-bond donors (Lipinski definition) is 1. The van der Waals surface area contributed by atoms with E-state index in [9.17, 15) is 26.8 Å². The minimum Gasteiger partial charge on any atom is -0.455 e. The van der Waals surface area contributed by atoms with Crippen molar-refractivity contribution in [3.8, 4) is 0 Å². The zero-order valence-electron chi connectivity index (χ0n) is 16.2. The quantitative estimate of drug-likeness (QED) is 0.652. The lowest BCUT2D eigenvalue weighted by Crippen LogP contribution is -2.41. The van der Waals surface area contributed by atoms with Crippen LogP contribution in [0.15, 0.2) is 47.4 Å². The van der Waals surface area contributed by atoms with Gasteiger partial charge in [-0.05, 0) is 43.2 Å². The summed E-state index contributed by atoms with van der Waals surface area (Å²) in [6.45, 7) is -0.489. The van der Waals surface area contributed by atoms with Gasteiger partial charge in [-0.25, -0.2) is 17.2 Å². The summed E-state index contributed by atoms with van der Waals surface area (Å²) >= 11 is 5.95. The molecule has 0 radical (unpaired) electrons. The maximum absolute atomic E-state index is 13.4. The number of para-hydroxylation sites is 1. The highest BCUT2D eigenvalue weighted by molar-refractivity contribution is 7.89. The van der Waals surface area contributed by atoms with Gasteiger partial charge in [0.25, 0.3) is 5.91 Å². The summed E-state index contributed by atoms with van der Waals surface area (Å²) in [5.41, 5.74) is 0.390. The van der Waals surface area contributed by atoms with Crippen LogP contribution in [-0.4, -0.2) is 44.3 Å². The number of nitrogens with zero attached hydrogens (tertiary/aromatic N) is 1. The van der Waals surface area contributed by atoms with E-state index in [0.717, 1.165) is 16.4 Å². The molecule has 1 aliphatic rings. The Balaban J connectivity index is 1.51. The van der Waals surface area contributed by atoms with Crippen LogP contribution < -0.4 is 5.32 Å². The highest BCUT2D eigenvalue weighted by Gasteiger charge is 2.33. The smallest absolute Gasteiger partial charge is 0.309 e. The monoisotopic (exact) mass is 472 g/mol. The number of sulfonamides is 1. The van der Waals surface area contributed by atoms with Gasteiger partial charge in [-0.15, -0.1) is 0 Å². The summed E-state index contributed by atoms with van der Waals surface area (Å²) < 4.78 is 57.8. The van der Waals surface area contributed by atoms with Crippen LogP contribution in [-0.2, 0) is 24.3 Å². The van der Waals surface area contributed by atoms with E-state index in [1.54, 1.807) is 24.3 Å². The predicted octanol–water partition coefficient (Wildman–Crippen LogP) is 3.20. The van der Waals surface area contributed by atoms with Gasteiger partial charge in [0.2, 0.25) is 10.0 Å². The fourth-order valence-electron chi connectivity index (χ4n) is 3.12. The third kappa shape index (κ3) is 5.57. The average Bonchev–Trinajstić information content (AvgIpc) is 2.75. The fourth-order valence-corrected chi connectivity index (χ4v) is 4.79. The van der Waals surface area contributed by atoms with Crippen molar-refractivity contribution < 1.29 is 31.5 Å². The number of piperidine rings is 1. The summed E-state index contributed by atoms with van der Waals surface area (Å²) in [5, 5.41) is 2.87. The van der Waals surface area contributed by atoms with Crippen LogP contribution in [0.5, 0.6) is 0 Å². The number of amides is 1. The zero-order valence-corrected chi connectivity index (χ0v) is 17.8. The molecule has 2 aromatic carbocycles. The Kier molecular flexibility index (Phi) is 7.24. The van der Waals surface area contributed by atoms with E-state index in [0.29, 0.717) is 16.8 Å². The molecule has 0 saturated carbocycles. The molecule has 3 rings (SSSR count). The Morgan fingerprint density at radius 2 is 1.77 bits per heavy atom. The van der Waals surface area contributed by atoms with E-state index < -0.39 is 46.1 Å². The van der Waals surface area contributed by atoms with Crippen molar-refractivity contribution in [2.45, 2.75) is 17.7 Å². The molecule has 0 spiro atoms. The summed E-state index contributed by atoms with van der Waals surface area (Å²) in [7, 11) is -4.02. The number of ether oxygens (including phenoxy) is 1. The largest absolute Gasteiger partial charge is 0.455 e. The molecule has 0 bridgehead atoms. The van der Waals surface area contributed by atoms with E-state index in [-0.39, 0.29) is 30.8 Å². The Bertz CT molecular complexity index is 1090. The molecule has 1 heterocycles. The molecule has 0 aromatic heterocycles. The Labute approximate surface area is 183 Å². The maximum atomic E-state index is 13.4.